The highest BCUT2D eigenvalue weighted by molar-refractivity contribution is 9.14. The molecule has 0 aliphatic carbocycles. The molecule has 1 heterocycles. The number of fused-ring (bicyclic) bond motifs is 3. The molecule has 0 N–H and O–H groups in total. The van der Waals surface area contributed by atoms with Crippen LogP contribution < -0.4 is 0 Å². The molecular weight excluding hydrogens is 560 g/mol. The molecule has 0 aliphatic heterocycles. The van der Waals surface area contributed by atoms with Crippen LogP contribution >= 0.6 is 79.6 Å². The quantitative estimate of drug-likeness (QED) is 0.260. The van der Waals surface area contributed by atoms with Gasteiger partial charge in [0.2, 0.25) is 0 Å². The van der Waals surface area contributed by atoms with Crippen LogP contribution in [0.25, 0.3) is 21.9 Å². The second-order valence-electron chi connectivity index (χ2n) is 3.70. The van der Waals surface area contributed by atoms with Crippen LogP contribution in [0.2, 0.25) is 0 Å². The van der Waals surface area contributed by atoms with Gasteiger partial charge < -0.3 is 4.42 Å². The molecule has 0 saturated heterocycles. The molecule has 0 unspecified atom stereocenters. The Kier molecular flexibility index (Phi) is 3.69. The molecule has 0 aliphatic rings. The Balaban J connectivity index is 2.60. The summed E-state index contributed by atoms with van der Waals surface area (Å²) in [5.74, 6) is 0. The second-order valence-corrected chi connectivity index (χ2v) is 7.79. The molecule has 0 radical (unpaired) electrons. The highest BCUT2D eigenvalue weighted by Crippen LogP contribution is 2.44. The Morgan fingerprint density at radius 3 is 2.22 bits per heavy atom. The molecule has 18 heavy (non-hydrogen) atoms. The summed E-state index contributed by atoms with van der Waals surface area (Å²) in [5, 5.41) is 2.13. The molecular formula is C12H3Br5O. The zero-order valence-electron chi connectivity index (χ0n) is 8.53. The lowest BCUT2D eigenvalue weighted by atomic mass is 10.1. The summed E-state index contributed by atoms with van der Waals surface area (Å²) in [6, 6.07) is 6.01. The van der Waals surface area contributed by atoms with Crippen LogP contribution in [0.1, 0.15) is 0 Å². The molecule has 0 fully saturated rings. The fraction of sp³-hybridized carbons (Fsp3) is 0. The van der Waals surface area contributed by atoms with Crippen molar-refractivity contribution in [1.29, 1.82) is 0 Å². The lowest BCUT2D eigenvalue weighted by Crippen LogP contribution is -1.76. The van der Waals surface area contributed by atoms with Crippen molar-refractivity contribution in [3.05, 3.63) is 40.6 Å². The van der Waals surface area contributed by atoms with E-state index in [1.807, 2.05) is 18.2 Å². The van der Waals surface area contributed by atoms with E-state index in [1.165, 1.54) is 0 Å². The van der Waals surface area contributed by atoms with Crippen LogP contribution in [0.15, 0.2) is 45.0 Å². The maximum atomic E-state index is 5.92. The maximum absolute atomic E-state index is 5.92. The normalized spacial score (nSPS) is 11.6. The van der Waals surface area contributed by atoms with Crippen LogP contribution in [0.4, 0.5) is 0 Å². The first-order valence-corrected chi connectivity index (χ1v) is 8.81. The second kappa shape index (κ2) is 4.88. The minimum atomic E-state index is 0.838. The molecule has 0 amide bonds. The molecule has 6 heteroatoms. The third kappa shape index (κ3) is 1.95. The molecule has 92 valence electrons. The molecule has 3 rings (SSSR count). The van der Waals surface area contributed by atoms with Crippen molar-refractivity contribution < 1.29 is 4.42 Å². The highest BCUT2D eigenvalue weighted by atomic mass is 79.9. The summed E-state index contributed by atoms with van der Waals surface area (Å²) in [6.07, 6.45) is 0. The Bertz CT molecular complexity index is 790. The molecule has 0 saturated carbocycles. The van der Waals surface area contributed by atoms with Gasteiger partial charge in [-0.05, 0) is 97.8 Å². The van der Waals surface area contributed by atoms with Crippen LogP contribution in [0.5, 0.6) is 0 Å². The van der Waals surface area contributed by atoms with Crippen molar-refractivity contribution >= 4 is 102 Å². The summed E-state index contributed by atoms with van der Waals surface area (Å²) in [6.45, 7) is 0. The van der Waals surface area contributed by atoms with E-state index in [-0.39, 0.29) is 0 Å². The van der Waals surface area contributed by atoms with Crippen molar-refractivity contribution in [3.63, 3.8) is 0 Å². The fourth-order valence-corrected chi connectivity index (χ4v) is 4.19. The number of furan rings is 1. The van der Waals surface area contributed by atoms with E-state index in [9.17, 15) is 0 Å². The van der Waals surface area contributed by atoms with E-state index in [0.29, 0.717) is 0 Å². The molecule has 1 nitrogen and oxygen atoms in total. The van der Waals surface area contributed by atoms with E-state index < -0.39 is 0 Å². The summed E-state index contributed by atoms with van der Waals surface area (Å²) in [7, 11) is 0. The van der Waals surface area contributed by atoms with Gasteiger partial charge in [-0.2, -0.15) is 0 Å². The van der Waals surface area contributed by atoms with Gasteiger partial charge in [-0.3, -0.25) is 0 Å². The van der Waals surface area contributed by atoms with Crippen molar-refractivity contribution in [2.45, 2.75) is 0 Å². The first kappa shape index (κ1) is 13.6. The summed E-state index contributed by atoms with van der Waals surface area (Å²) in [4.78, 5) is 0. The molecule has 1 aromatic heterocycles. The van der Waals surface area contributed by atoms with Gasteiger partial charge in [0.1, 0.15) is 5.58 Å². The lowest BCUT2D eigenvalue weighted by molar-refractivity contribution is 0.666. The van der Waals surface area contributed by atoms with Crippen LogP contribution in [-0.2, 0) is 0 Å². The number of benzene rings is 2. The SMILES string of the molecule is Brc1cc2oc3c(Br)c(Br)ccc3c2c(Br)c1Br. The largest absolute Gasteiger partial charge is 0.455 e. The van der Waals surface area contributed by atoms with Crippen LogP contribution in [-0.4, -0.2) is 0 Å². The van der Waals surface area contributed by atoms with Gasteiger partial charge >= 0.3 is 0 Å². The first-order valence-electron chi connectivity index (χ1n) is 4.84. The monoisotopic (exact) mass is 558 g/mol. The zero-order valence-corrected chi connectivity index (χ0v) is 16.5. The van der Waals surface area contributed by atoms with Crippen LogP contribution in [0, 0.1) is 0 Å². The third-order valence-corrected chi connectivity index (χ3v) is 7.94. The zero-order chi connectivity index (χ0) is 13.0. The van der Waals surface area contributed by atoms with E-state index >= 15 is 0 Å². The smallest absolute Gasteiger partial charge is 0.150 e. The standard InChI is InChI=1S/C12H3Br5O/c13-5-2-1-4-8-7(18-12(4)10(5)16)3-6(14)9(15)11(8)17/h1-3H. The molecule has 0 bridgehead atoms. The van der Waals surface area contributed by atoms with Gasteiger partial charge in [0.25, 0.3) is 0 Å². The third-order valence-electron chi connectivity index (χ3n) is 2.66. The summed E-state index contributed by atoms with van der Waals surface area (Å²) in [5.41, 5.74) is 1.68. The molecule has 3 aromatic rings. The van der Waals surface area contributed by atoms with Crippen LogP contribution in [0.3, 0.4) is 0 Å². The van der Waals surface area contributed by atoms with E-state index in [2.05, 4.69) is 79.6 Å². The Labute approximate surface area is 145 Å². The van der Waals surface area contributed by atoms with Gasteiger partial charge in [0.15, 0.2) is 5.58 Å². The van der Waals surface area contributed by atoms with Gasteiger partial charge in [0.05, 0.1) is 4.47 Å². The van der Waals surface area contributed by atoms with Gasteiger partial charge in [-0.25, -0.2) is 0 Å². The highest BCUT2D eigenvalue weighted by Gasteiger charge is 2.17. The Morgan fingerprint density at radius 1 is 0.778 bits per heavy atom. The predicted molar refractivity (Wildman–Crippen MR) is 92.2 cm³/mol. The van der Waals surface area contributed by atoms with Crippen molar-refractivity contribution in [2.24, 2.45) is 0 Å². The van der Waals surface area contributed by atoms with Gasteiger partial charge in [-0.1, -0.05) is 0 Å². The maximum Gasteiger partial charge on any atom is 0.150 e. The van der Waals surface area contributed by atoms with E-state index in [1.54, 1.807) is 0 Å². The summed E-state index contributed by atoms with van der Waals surface area (Å²) < 4.78 is 10.7. The topological polar surface area (TPSA) is 13.1 Å². The molecule has 0 spiro atoms. The van der Waals surface area contributed by atoms with E-state index in [0.717, 1.165) is 44.3 Å². The molecule has 2 aromatic carbocycles. The average molecular weight is 563 g/mol. The van der Waals surface area contributed by atoms with Crippen molar-refractivity contribution in [3.8, 4) is 0 Å². The van der Waals surface area contributed by atoms with Gasteiger partial charge in [-0.15, -0.1) is 0 Å². The molecule has 0 atom stereocenters. The number of hydrogen-bond acceptors (Lipinski definition) is 1. The van der Waals surface area contributed by atoms with Crippen molar-refractivity contribution in [2.75, 3.05) is 0 Å². The number of hydrogen-bond donors (Lipinski definition) is 0. The summed E-state index contributed by atoms with van der Waals surface area (Å²) >= 11 is 17.7. The minimum Gasteiger partial charge on any atom is -0.455 e. The Hall–Kier alpha value is 0.640. The average Bonchev–Trinajstić information content (AvgIpc) is 2.70. The lowest BCUT2D eigenvalue weighted by Gasteiger charge is -2.01. The van der Waals surface area contributed by atoms with Gasteiger partial charge in [0, 0.05) is 28.7 Å². The first-order chi connectivity index (χ1) is 8.50. The van der Waals surface area contributed by atoms with E-state index in [4.69, 9.17) is 4.42 Å². The number of rotatable bonds is 0. The van der Waals surface area contributed by atoms with Crippen molar-refractivity contribution in [1.82, 2.24) is 0 Å². The predicted octanol–water partition coefficient (Wildman–Crippen LogP) is 7.40. The fourth-order valence-electron chi connectivity index (χ4n) is 1.84. The minimum absolute atomic E-state index is 0.838. The number of halogens is 5. The Morgan fingerprint density at radius 2 is 1.50 bits per heavy atom.